The van der Waals surface area contributed by atoms with Crippen molar-refractivity contribution >= 4 is 5.97 Å². The lowest BCUT2D eigenvalue weighted by molar-refractivity contribution is -0.151. The molecule has 2 N–H and O–H groups in total. The van der Waals surface area contributed by atoms with Crippen molar-refractivity contribution < 1.29 is 14.6 Å². The molecule has 0 aromatic heterocycles. The Bertz CT molecular complexity index is 178. The van der Waals surface area contributed by atoms with Gasteiger partial charge in [-0.3, -0.25) is 0 Å². The molecule has 1 aliphatic heterocycles. The molecule has 4 heteroatoms. The van der Waals surface area contributed by atoms with E-state index >= 15 is 0 Å². The average molecular weight is 201 g/mol. The number of rotatable bonds is 6. The molecule has 0 saturated carbocycles. The molecule has 14 heavy (non-hydrogen) atoms. The van der Waals surface area contributed by atoms with Crippen LogP contribution in [0.25, 0.3) is 0 Å². The summed E-state index contributed by atoms with van der Waals surface area (Å²) in [7, 11) is 0. The third kappa shape index (κ3) is 3.64. The number of hydrogen-bond acceptors (Lipinski definition) is 3. The van der Waals surface area contributed by atoms with Crippen LogP contribution in [0.1, 0.15) is 26.2 Å². The van der Waals surface area contributed by atoms with E-state index in [1.807, 2.05) is 6.92 Å². The Morgan fingerprint density at radius 1 is 1.71 bits per heavy atom. The summed E-state index contributed by atoms with van der Waals surface area (Å²) >= 11 is 0. The Balaban J connectivity index is 2.21. The highest BCUT2D eigenvalue weighted by atomic mass is 16.5. The van der Waals surface area contributed by atoms with Gasteiger partial charge in [-0.15, -0.1) is 0 Å². The molecule has 4 nitrogen and oxygen atoms in total. The Kier molecular flexibility index (Phi) is 4.90. The van der Waals surface area contributed by atoms with Gasteiger partial charge in [-0.2, -0.15) is 0 Å². The topological polar surface area (TPSA) is 58.6 Å². The van der Waals surface area contributed by atoms with E-state index < -0.39 is 12.1 Å². The van der Waals surface area contributed by atoms with E-state index in [1.165, 1.54) is 0 Å². The molecule has 82 valence electrons. The third-order valence-electron chi connectivity index (χ3n) is 2.52. The SMILES string of the molecule is CCCC(OCC1CCNC1)C(=O)O. The fourth-order valence-electron chi connectivity index (χ4n) is 1.65. The first-order chi connectivity index (χ1) is 6.74. The summed E-state index contributed by atoms with van der Waals surface area (Å²) in [4.78, 5) is 10.8. The van der Waals surface area contributed by atoms with Gasteiger partial charge >= 0.3 is 5.97 Å². The van der Waals surface area contributed by atoms with Crippen molar-refractivity contribution in [2.75, 3.05) is 19.7 Å². The summed E-state index contributed by atoms with van der Waals surface area (Å²) in [6, 6.07) is 0. The van der Waals surface area contributed by atoms with Gasteiger partial charge in [0.25, 0.3) is 0 Å². The zero-order valence-corrected chi connectivity index (χ0v) is 8.66. The predicted molar refractivity (Wildman–Crippen MR) is 53.3 cm³/mol. The van der Waals surface area contributed by atoms with Crippen LogP contribution in [0.3, 0.4) is 0 Å². The first-order valence-corrected chi connectivity index (χ1v) is 5.29. The summed E-state index contributed by atoms with van der Waals surface area (Å²) in [6.45, 7) is 4.53. The first kappa shape index (κ1) is 11.5. The fraction of sp³-hybridized carbons (Fsp3) is 0.900. The molecule has 0 amide bonds. The Hall–Kier alpha value is -0.610. The van der Waals surface area contributed by atoms with E-state index in [0.29, 0.717) is 18.9 Å². The molecular formula is C10H19NO3. The van der Waals surface area contributed by atoms with Crippen LogP contribution in [-0.2, 0) is 9.53 Å². The number of nitrogens with one attached hydrogen (secondary N) is 1. The van der Waals surface area contributed by atoms with Crippen LogP contribution >= 0.6 is 0 Å². The van der Waals surface area contributed by atoms with E-state index in [9.17, 15) is 4.79 Å². The van der Waals surface area contributed by atoms with E-state index in [-0.39, 0.29) is 0 Å². The normalized spacial score (nSPS) is 23.6. The zero-order chi connectivity index (χ0) is 10.4. The number of carbonyl (C=O) groups is 1. The monoisotopic (exact) mass is 201 g/mol. The van der Waals surface area contributed by atoms with Crippen LogP contribution in [0.2, 0.25) is 0 Å². The molecule has 1 aliphatic rings. The lowest BCUT2D eigenvalue weighted by atomic mass is 10.1. The molecule has 0 bridgehead atoms. The maximum atomic E-state index is 10.8. The summed E-state index contributed by atoms with van der Waals surface area (Å²) in [5.74, 6) is -0.341. The van der Waals surface area contributed by atoms with Crippen LogP contribution in [-0.4, -0.2) is 36.9 Å². The predicted octanol–water partition coefficient (Wildman–Crippen LogP) is 0.866. The second kappa shape index (κ2) is 5.98. The standard InChI is InChI=1S/C10H19NO3/c1-2-3-9(10(12)13)14-7-8-4-5-11-6-8/h8-9,11H,2-7H2,1H3,(H,12,13). The van der Waals surface area contributed by atoms with Gasteiger partial charge in [-0.25, -0.2) is 4.79 Å². The molecule has 2 atom stereocenters. The smallest absolute Gasteiger partial charge is 0.332 e. The van der Waals surface area contributed by atoms with Crippen molar-refractivity contribution in [3.05, 3.63) is 0 Å². The Morgan fingerprint density at radius 3 is 3.00 bits per heavy atom. The number of aliphatic carboxylic acids is 1. The molecule has 0 aromatic rings. The van der Waals surface area contributed by atoms with Crippen molar-refractivity contribution in [3.8, 4) is 0 Å². The average Bonchev–Trinajstić information content (AvgIpc) is 2.64. The van der Waals surface area contributed by atoms with E-state index in [0.717, 1.165) is 25.9 Å². The number of carboxylic acids is 1. The van der Waals surface area contributed by atoms with Crippen molar-refractivity contribution in [1.82, 2.24) is 5.32 Å². The van der Waals surface area contributed by atoms with Crippen LogP contribution in [0.5, 0.6) is 0 Å². The molecule has 1 fully saturated rings. The van der Waals surface area contributed by atoms with E-state index in [4.69, 9.17) is 9.84 Å². The molecule has 1 heterocycles. The second-order valence-corrected chi connectivity index (χ2v) is 3.81. The number of ether oxygens (including phenoxy) is 1. The zero-order valence-electron chi connectivity index (χ0n) is 8.66. The minimum atomic E-state index is -0.835. The Morgan fingerprint density at radius 2 is 2.50 bits per heavy atom. The van der Waals surface area contributed by atoms with Crippen LogP contribution in [0, 0.1) is 5.92 Å². The van der Waals surface area contributed by atoms with Crippen molar-refractivity contribution in [1.29, 1.82) is 0 Å². The van der Waals surface area contributed by atoms with Gasteiger partial charge in [0.15, 0.2) is 6.10 Å². The molecule has 2 unspecified atom stereocenters. The van der Waals surface area contributed by atoms with Crippen molar-refractivity contribution in [3.63, 3.8) is 0 Å². The number of carboxylic acid groups (broad SMARTS) is 1. The third-order valence-corrected chi connectivity index (χ3v) is 2.52. The maximum absolute atomic E-state index is 10.8. The molecule has 0 spiro atoms. The Labute approximate surface area is 84.6 Å². The molecule has 0 radical (unpaired) electrons. The summed E-state index contributed by atoms with van der Waals surface area (Å²) < 4.78 is 5.39. The molecule has 0 aliphatic carbocycles. The van der Waals surface area contributed by atoms with Gasteiger partial charge in [0.2, 0.25) is 0 Å². The number of hydrogen-bond donors (Lipinski definition) is 2. The van der Waals surface area contributed by atoms with E-state index in [1.54, 1.807) is 0 Å². The summed E-state index contributed by atoms with van der Waals surface area (Å²) in [5.41, 5.74) is 0. The highest BCUT2D eigenvalue weighted by molar-refractivity contribution is 5.72. The van der Waals surface area contributed by atoms with Gasteiger partial charge < -0.3 is 15.2 Å². The molecule has 1 saturated heterocycles. The van der Waals surface area contributed by atoms with Gasteiger partial charge in [-0.1, -0.05) is 13.3 Å². The quantitative estimate of drug-likeness (QED) is 0.669. The maximum Gasteiger partial charge on any atom is 0.332 e. The fourth-order valence-corrected chi connectivity index (χ4v) is 1.65. The molecular weight excluding hydrogens is 182 g/mol. The first-order valence-electron chi connectivity index (χ1n) is 5.29. The molecule has 1 rings (SSSR count). The minimum Gasteiger partial charge on any atom is -0.479 e. The summed E-state index contributed by atoms with van der Waals surface area (Å²) in [6.07, 6.45) is 1.94. The van der Waals surface area contributed by atoms with Gasteiger partial charge in [0.05, 0.1) is 6.61 Å². The minimum absolute atomic E-state index is 0.494. The largest absolute Gasteiger partial charge is 0.479 e. The summed E-state index contributed by atoms with van der Waals surface area (Å²) in [5, 5.41) is 12.1. The van der Waals surface area contributed by atoms with Crippen LogP contribution < -0.4 is 5.32 Å². The van der Waals surface area contributed by atoms with Crippen molar-refractivity contribution in [2.24, 2.45) is 5.92 Å². The second-order valence-electron chi connectivity index (χ2n) is 3.81. The lowest BCUT2D eigenvalue weighted by Crippen LogP contribution is -2.27. The van der Waals surface area contributed by atoms with Gasteiger partial charge in [0.1, 0.15) is 0 Å². The van der Waals surface area contributed by atoms with Crippen molar-refractivity contribution in [2.45, 2.75) is 32.3 Å². The van der Waals surface area contributed by atoms with E-state index in [2.05, 4.69) is 5.32 Å². The van der Waals surface area contributed by atoms with Gasteiger partial charge in [-0.05, 0) is 25.3 Å². The highest BCUT2D eigenvalue weighted by Crippen LogP contribution is 2.11. The van der Waals surface area contributed by atoms with Gasteiger partial charge in [0, 0.05) is 6.54 Å². The highest BCUT2D eigenvalue weighted by Gasteiger charge is 2.20. The lowest BCUT2D eigenvalue weighted by Gasteiger charge is -2.15. The molecule has 0 aromatic carbocycles. The van der Waals surface area contributed by atoms with Crippen LogP contribution in [0.4, 0.5) is 0 Å². The van der Waals surface area contributed by atoms with Crippen LogP contribution in [0.15, 0.2) is 0 Å².